The maximum absolute atomic E-state index is 10.8. The summed E-state index contributed by atoms with van der Waals surface area (Å²) in [6, 6.07) is 15.4. The number of para-hydroxylation sites is 1. The molecule has 1 aliphatic heterocycles. The number of nitrogens with one attached hydrogen (secondary N) is 1. The number of carbonyl (C=O) groups is 1. The van der Waals surface area contributed by atoms with Gasteiger partial charge in [-0.05, 0) is 61.7 Å². The van der Waals surface area contributed by atoms with E-state index in [2.05, 4.69) is 20.9 Å². The molecule has 0 spiro atoms. The van der Waals surface area contributed by atoms with Gasteiger partial charge in [0, 0.05) is 43.3 Å². The number of hydrogen-bond donors (Lipinski definition) is 2. The van der Waals surface area contributed by atoms with Crippen LogP contribution in [0.3, 0.4) is 0 Å². The number of hydrogen-bond acceptors (Lipinski definition) is 5. The molecule has 1 saturated heterocycles. The fraction of sp³-hybridized carbons (Fsp3) is 0.333. The summed E-state index contributed by atoms with van der Waals surface area (Å²) in [5.74, 6) is 0.344. The number of unbranched alkanes of at least 4 members (excludes halogenated alkanes) is 1. The van der Waals surface area contributed by atoms with Crippen LogP contribution in [-0.4, -0.2) is 53.9 Å². The average Bonchev–Trinajstić information content (AvgIpc) is 3.19. The molecule has 1 aromatic heterocycles. The molecule has 1 aliphatic rings. The van der Waals surface area contributed by atoms with E-state index >= 15 is 0 Å². The zero-order valence-electron chi connectivity index (χ0n) is 17.4. The van der Waals surface area contributed by atoms with Gasteiger partial charge in [-0.15, -0.1) is 0 Å². The highest BCUT2D eigenvalue weighted by molar-refractivity contribution is 5.85. The van der Waals surface area contributed by atoms with Crippen molar-refractivity contribution in [2.45, 2.75) is 19.3 Å². The van der Waals surface area contributed by atoms with Crippen LogP contribution in [0.2, 0.25) is 0 Å². The highest BCUT2D eigenvalue weighted by Gasteiger charge is 2.18. The molecule has 3 aromatic rings. The van der Waals surface area contributed by atoms with Crippen LogP contribution in [0.1, 0.15) is 24.0 Å². The minimum atomic E-state index is -1.30. The Bertz CT molecular complexity index is 1090. The molecule has 2 aromatic carbocycles. The molecular formula is C24H26N4O3. The molecule has 2 N–H and O–H groups in total. The minimum absolute atomic E-state index is 0.344. The largest absolute Gasteiger partial charge is 0.511 e. The van der Waals surface area contributed by atoms with Gasteiger partial charge in [0.05, 0.1) is 11.3 Å². The molecule has 2 heterocycles. The zero-order valence-corrected chi connectivity index (χ0v) is 17.4. The number of aromatic nitrogens is 1. The quantitative estimate of drug-likeness (QED) is 0.339. The first kappa shape index (κ1) is 20.8. The van der Waals surface area contributed by atoms with Crippen LogP contribution in [0.25, 0.3) is 10.9 Å². The molecule has 7 heteroatoms. The van der Waals surface area contributed by atoms with E-state index in [4.69, 9.17) is 9.84 Å². The SMILES string of the molecule is N#Cc1ccccc1N1CCN(CCCCc2c[nH]c3ccc(OC(=O)O)cc23)CC1. The molecular weight excluding hydrogens is 392 g/mol. The highest BCUT2D eigenvalue weighted by Crippen LogP contribution is 2.25. The smallest absolute Gasteiger partial charge is 0.449 e. The van der Waals surface area contributed by atoms with Crippen LogP contribution in [0.4, 0.5) is 10.5 Å². The van der Waals surface area contributed by atoms with E-state index in [0.29, 0.717) is 5.75 Å². The molecule has 31 heavy (non-hydrogen) atoms. The number of fused-ring (bicyclic) bond motifs is 1. The summed E-state index contributed by atoms with van der Waals surface area (Å²) in [4.78, 5) is 18.8. The van der Waals surface area contributed by atoms with Gasteiger partial charge in [-0.1, -0.05) is 12.1 Å². The lowest BCUT2D eigenvalue weighted by Gasteiger charge is -2.36. The van der Waals surface area contributed by atoms with Gasteiger partial charge < -0.3 is 19.7 Å². The summed E-state index contributed by atoms with van der Waals surface area (Å²) in [7, 11) is 0. The second kappa shape index (κ2) is 9.54. The lowest BCUT2D eigenvalue weighted by Crippen LogP contribution is -2.46. The Hall–Kier alpha value is -3.50. The summed E-state index contributed by atoms with van der Waals surface area (Å²) in [5.41, 5.74) is 3.95. The first-order valence-corrected chi connectivity index (χ1v) is 10.6. The number of ether oxygens (including phenoxy) is 1. The Morgan fingerprint density at radius 2 is 1.94 bits per heavy atom. The Labute approximate surface area is 181 Å². The number of piperazine rings is 1. The van der Waals surface area contributed by atoms with Crippen LogP contribution >= 0.6 is 0 Å². The van der Waals surface area contributed by atoms with Crippen molar-refractivity contribution in [1.82, 2.24) is 9.88 Å². The Morgan fingerprint density at radius 3 is 2.71 bits per heavy atom. The molecule has 4 rings (SSSR count). The van der Waals surface area contributed by atoms with Gasteiger partial charge in [-0.25, -0.2) is 4.79 Å². The van der Waals surface area contributed by atoms with Crippen LogP contribution in [0.5, 0.6) is 5.75 Å². The second-order valence-electron chi connectivity index (χ2n) is 7.80. The van der Waals surface area contributed by atoms with E-state index in [1.165, 1.54) is 5.56 Å². The molecule has 0 atom stereocenters. The standard InChI is InChI=1S/C24H26N4O3/c25-16-18-5-1-2-7-23(18)28-13-11-27(12-14-28)10-4-3-6-19-17-26-22-9-8-20(15-21(19)22)31-24(29)30/h1-2,5,7-9,15,17,26H,3-4,6,10-14H2,(H,29,30). The minimum Gasteiger partial charge on any atom is -0.449 e. The topological polar surface area (TPSA) is 92.6 Å². The second-order valence-corrected chi connectivity index (χ2v) is 7.80. The lowest BCUT2D eigenvalue weighted by molar-refractivity contribution is 0.144. The molecule has 0 amide bonds. The average molecular weight is 418 g/mol. The first-order chi connectivity index (χ1) is 15.1. The van der Waals surface area contributed by atoms with Crippen molar-refractivity contribution in [1.29, 1.82) is 5.26 Å². The number of benzene rings is 2. The van der Waals surface area contributed by atoms with Crippen LogP contribution < -0.4 is 9.64 Å². The van der Waals surface area contributed by atoms with Gasteiger partial charge in [-0.2, -0.15) is 5.26 Å². The summed E-state index contributed by atoms with van der Waals surface area (Å²) >= 11 is 0. The molecule has 0 radical (unpaired) electrons. The Balaban J connectivity index is 1.25. The van der Waals surface area contributed by atoms with Gasteiger partial charge in [0.25, 0.3) is 0 Å². The van der Waals surface area contributed by atoms with E-state index < -0.39 is 6.16 Å². The molecule has 0 saturated carbocycles. The number of aryl methyl sites for hydroxylation is 1. The van der Waals surface area contributed by atoms with E-state index in [-0.39, 0.29) is 0 Å². The predicted molar refractivity (Wildman–Crippen MR) is 120 cm³/mol. The van der Waals surface area contributed by atoms with Crippen molar-refractivity contribution in [3.63, 3.8) is 0 Å². The van der Waals surface area contributed by atoms with Crippen molar-refractivity contribution < 1.29 is 14.6 Å². The molecule has 1 fully saturated rings. The van der Waals surface area contributed by atoms with Gasteiger partial charge >= 0.3 is 6.16 Å². The van der Waals surface area contributed by atoms with Crippen LogP contribution in [0, 0.1) is 11.3 Å². The van der Waals surface area contributed by atoms with Gasteiger partial charge in [0.2, 0.25) is 0 Å². The van der Waals surface area contributed by atoms with Crippen molar-refractivity contribution in [3.8, 4) is 11.8 Å². The molecule has 0 bridgehead atoms. The van der Waals surface area contributed by atoms with Gasteiger partial charge in [0.15, 0.2) is 0 Å². The number of rotatable bonds is 7. The third-order valence-electron chi connectivity index (χ3n) is 5.85. The maximum Gasteiger partial charge on any atom is 0.511 e. The monoisotopic (exact) mass is 418 g/mol. The van der Waals surface area contributed by atoms with Crippen molar-refractivity contribution in [2.24, 2.45) is 0 Å². The highest BCUT2D eigenvalue weighted by atomic mass is 16.7. The Kier molecular flexibility index (Phi) is 6.39. The van der Waals surface area contributed by atoms with E-state index in [9.17, 15) is 10.1 Å². The van der Waals surface area contributed by atoms with E-state index in [1.807, 2.05) is 36.5 Å². The van der Waals surface area contributed by atoms with E-state index in [0.717, 1.165) is 74.1 Å². The summed E-state index contributed by atoms with van der Waals surface area (Å²) < 4.78 is 4.78. The number of nitrogens with zero attached hydrogens (tertiary/aromatic N) is 3. The van der Waals surface area contributed by atoms with Gasteiger partial charge in [0.1, 0.15) is 11.8 Å². The maximum atomic E-state index is 10.8. The fourth-order valence-electron chi connectivity index (χ4n) is 4.24. The number of anilines is 1. The van der Waals surface area contributed by atoms with Crippen molar-refractivity contribution in [2.75, 3.05) is 37.6 Å². The first-order valence-electron chi connectivity index (χ1n) is 10.6. The van der Waals surface area contributed by atoms with Crippen molar-refractivity contribution >= 4 is 22.7 Å². The number of nitriles is 1. The van der Waals surface area contributed by atoms with Crippen LogP contribution in [0.15, 0.2) is 48.7 Å². The lowest BCUT2D eigenvalue weighted by atomic mass is 10.1. The summed E-state index contributed by atoms with van der Waals surface area (Å²) in [6.07, 6.45) is 3.81. The molecule has 0 aliphatic carbocycles. The third kappa shape index (κ3) is 4.98. The normalized spacial score (nSPS) is 14.5. The number of carboxylic acid groups (broad SMARTS) is 1. The summed E-state index contributed by atoms with van der Waals surface area (Å²) in [6.45, 7) is 4.94. The van der Waals surface area contributed by atoms with Crippen LogP contribution in [-0.2, 0) is 6.42 Å². The Morgan fingerprint density at radius 1 is 1.13 bits per heavy atom. The molecule has 0 unspecified atom stereocenters. The third-order valence-corrected chi connectivity index (χ3v) is 5.85. The van der Waals surface area contributed by atoms with Gasteiger partial charge in [-0.3, -0.25) is 4.90 Å². The fourth-order valence-corrected chi connectivity index (χ4v) is 4.24. The van der Waals surface area contributed by atoms with Crippen molar-refractivity contribution in [3.05, 3.63) is 59.8 Å². The van der Waals surface area contributed by atoms with E-state index in [1.54, 1.807) is 12.1 Å². The molecule has 7 nitrogen and oxygen atoms in total. The number of aromatic amines is 1. The zero-order chi connectivity index (χ0) is 21.6. The summed E-state index contributed by atoms with van der Waals surface area (Å²) in [5, 5.41) is 19.1. The number of H-pyrrole nitrogens is 1. The molecule has 160 valence electrons. The predicted octanol–water partition coefficient (Wildman–Crippen LogP) is 4.24.